The Morgan fingerprint density at radius 3 is 2.26 bits per heavy atom. The fraction of sp³-hybridized carbons (Fsp3) is 0.500. The molecule has 0 bridgehead atoms. The summed E-state index contributed by atoms with van der Waals surface area (Å²) in [6.07, 6.45) is -0.594. The third-order valence-electron chi connectivity index (χ3n) is 5.41. The molecule has 1 aromatic carbocycles. The number of ether oxygens (including phenoxy) is 1. The Hall–Kier alpha value is -3.20. The Labute approximate surface area is 222 Å². The number of alkyl halides is 3. The van der Waals surface area contributed by atoms with Gasteiger partial charge in [-0.3, -0.25) is 0 Å². The van der Waals surface area contributed by atoms with E-state index in [4.69, 9.17) is 9.84 Å². The molecule has 0 radical (unpaired) electrons. The van der Waals surface area contributed by atoms with Gasteiger partial charge in [-0.1, -0.05) is 5.57 Å². The SMILES string of the molecule is CC(C)(C)OC(=O)N1CCC(OS(=O)(=O)C(F)(F)F)=C(C(=O)O)C1.CC1=C(c2ccc(F)cc2F)CCNC1. The minimum absolute atomic E-state index is 0.256. The predicted octanol–water partition coefficient (Wildman–Crippen LogP) is 4.56. The maximum atomic E-state index is 13.5. The molecular formula is C24H29F5N2O7S. The summed E-state index contributed by atoms with van der Waals surface area (Å²) < 4.78 is 94.2. The minimum atomic E-state index is -5.99. The summed E-state index contributed by atoms with van der Waals surface area (Å²) in [5, 5.41) is 12.3. The van der Waals surface area contributed by atoms with Gasteiger partial charge in [-0.05, 0) is 58.4 Å². The maximum Gasteiger partial charge on any atom is 0.534 e. The molecule has 0 unspecified atom stereocenters. The molecule has 2 heterocycles. The average Bonchev–Trinajstić information content (AvgIpc) is 2.78. The van der Waals surface area contributed by atoms with E-state index in [0.717, 1.165) is 41.6 Å². The average molecular weight is 585 g/mol. The van der Waals surface area contributed by atoms with Crippen LogP contribution in [0.3, 0.4) is 0 Å². The second kappa shape index (κ2) is 12.3. The largest absolute Gasteiger partial charge is 0.534 e. The minimum Gasteiger partial charge on any atom is -0.478 e. The number of halogens is 5. The number of rotatable bonds is 4. The lowest BCUT2D eigenvalue weighted by Gasteiger charge is -2.31. The highest BCUT2D eigenvalue weighted by Gasteiger charge is 2.49. The van der Waals surface area contributed by atoms with Crippen molar-refractivity contribution in [2.75, 3.05) is 26.2 Å². The van der Waals surface area contributed by atoms with E-state index in [-0.39, 0.29) is 6.54 Å². The Morgan fingerprint density at radius 1 is 1.10 bits per heavy atom. The molecule has 0 aromatic heterocycles. The van der Waals surface area contributed by atoms with E-state index in [9.17, 15) is 40.0 Å². The van der Waals surface area contributed by atoms with Gasteiger partial charge >= 0.3 is 27.7 Å². The first kappa shape index (κ1) is 32.0. The fourth-order valence-electron chi connectivity index (χ4n) is 3.59. The lowest BCUT2D eigenvalue weighted by Crippen LogP contribution is -2.42. The number of carbonyl (C=O) groups excluding carboxylic acids is 1. The number of amides is 1. The number of nitrogens with one attached hydrogen (secondary N) is 1. The summed E-state index contributed by atoms with van der Waals surface area (Å²) in [7, 11) is -5.99. The van der Waals surface area contributed by atoms with Gasteiger partial charge in [0.05, 0.1) is 12.1 Å². The van der Waals surface area contributed by atoms with E-state index in [0.29, 0.717) is 5.56 Å². The van der Waals surface area contributed by atoms with Crippen LogP contribution in [0.15, 0.2) is 35.1 Å². The van der Waals surface area contributed by atoms with Crippen LogP contribution in [-0.2, 0) is 23.8 Å². The molecule has 218 valence electrons. The highest BCUT2D eigenvalue weighted by molar-refractivity contribution is 7.87. The molecule has 0 aliphatic carbocycles. The zero-order valence-electron chi connectivity index (χ0n) is 21.6. The van der Waals surface area contributed by atoms with Crippen LogP contribution in [0.25, 0.3) is 5.57 Å². The first-order valence-electron chi connectivity index (χ1n) is 11.6. The molecule has 0 spiro atoms. The normalized spacial score (nSPS) is 16.9. The lowest BCUT2D eigenvalue weighted by molar-refractivity contribution is -0.133. The Bertz CT molecular complexity index is 1270. The van der Waals surface area contributed by atoms with Crippen LogP contribution in [-0.4, -0.2) is 67.8 Å². The molecule has 2 N–H and O–H groups in total. The first-order chi connectivity index (χ1) is 17.8. The molecule has 0 saturated heterocycles. The van der Waals surface area contributed by atoms with Crippen molar-refractivity contribution >= 4 is 27.8 Å². The fourth-order valence-corrected chi connectivity index (χ4v) is 4.14. The van der Waals surface area contributed by atoms with Crippen molar-refractivity contribution in [2.45, 2.75) is 51.6 Å². The number of benzene rings is 1. The molecule has 9 nitrogen and oxygen atoms in total. The van der Waals surface area contributed by atoms with Gasteiger partial charge in [0.15, 0.2) is 0 Å². The smallest absolute Gasteiger partial charge is 0.478 e. The van der Waals surface area contributed by atoms with Gasteiger partial charge in [0.1, 0.15) is 23.0 Å². The van der Waals surface area contributed by atoms with Crippen LogP contribution < -0.4 is 5.32 Å². The van der Waals surface area contributed by atoms with Gasteiger partial charge in [0.2, 0.25) is 0 Å². The van der Waals surface area contributed by atoms with E-state index >= 15 is 0 Å². The van der Waals surface area contributed by atoms with Crippen molar-refractivity contribution in [3.63, 3.8) is 0 Å². The summed E-state index contributed by atoms with van der Waals surface area (Å²) >= 11 is 0. The van der Waals surface area contributed by atoms with Crippen molar-refractivity contribution in [1.29, 1.82) is 0 Å². The van der Waals surface area contributed by atoms with Gasteiger partial charge in [-0.15, -0.1) is 0 Å². The summed E-state index contributed by atoms with van der Waals surface area (Å²) in [6, 6.07) is 3.77. The zero-order chi connectivity index (χ0) is 29.8. The molecule has 0 saturated carbocycles. The molecule has 2 aliphatic rings. The molecule has 39 heavy (non-hydrogen) atoms. The van der Waals surface area contributed by atoms with Gasteiger partial charge in [-0.25, -0.2) is 18.4 Å². The first-order valence-corrected chi connectivity index (χ1v) is 13.0. The monoisotopic (exact) mass is 584 g/mol. The summed E-state index contributed by atoms with van der Waals surface area (Å²) in [4.78, 5) is 24.0. The third kappa shape index (κ3) is 8.92. The number of hydrogen-bond donors (Lipinski definition) is 2. The van der Waals surface area contributed by atoms with E-state index < -0.39 is 69.2 Å². The van der Waals surface area contributed by atoms with Crippen molar-refractivity contribution in [3.05, 3.63) is 52.3 Å². The molecule has 15 heteroatoms. The van der Waals surface area contributed by atoms with Gasteiger partial charge in [0.25, 0.3) is 0 Å². The predicted molar refractivity (Wildman–Crippen MR) is 130 cm³/mol. The lowest BCUT2D eigenvalue weighted by atomic mass is 9.95. The Kier molecular flexibility index (Phi) is 10.1. The quantitative estimate of drug-likeness (QED) is 0.300. The van der Waals surface area contributed by atoms with E-state index in [1.807, 2.05) is 6.92 Å². The summed E-state index contributed by atoms with van der Waals surface area (Å²) in [5.41, 5.74) is -4.64. The number of hydrogen-bond acceptors (Lipinski definition) is 7. The number of nitrogens with zero attached hydrogens (tertiary/aromatic N) is 1. The van der Waals surface area contributed by atoms with Gasteiger partial charge in [0, 0.05) is 31.1 Å². The Morgan fingerprint density at radius 2 is 1.74 bits per heavy atom. The van der Waals surface area contributed by atoms with Crippen molar-refractivity contribution in [3.8, 4) is 0 Å². The molecule has 1 amide bonds. The standard InChI is InChI=1S/C12H16F3NO7S.C12H13F2N/c1-11(2,3)22-10(19)16-5-4-8(7(6-16)9(17)18)23-24(20,21)12(13,14)15;1-8-7-15-5-4-10(8)11-3-2-9(13)6-12(11)14/h4-6H2,1-3H3,(H,17,18);2-3,6,15H,4-5,7H2,1H3. The van der Waals surface area contributed by atoms with Crippen LogP contribution in [0.2, 0.25) is 0 Å². The van der Waals surface area contributed by atoms with E-state index in [1.54, 1.807) is 20.8 Å². The van der Waals surface area contributed by atoms with Crippen LogP contribution in [0.4, 0.5) is 26.7 Å². The zero-order valence-corrected chi connectivity index (χ0v) is 22.4. The second-order valence-corrected chi connectivity index (χ2v) is 11.2. The molecule has 0 atom stereocenters. The van der Waals surface area contributed by atoms with Crippen LogP contribution >= 0.6 is 0 Å². The highest BCUT2D eigenvalue weighted by atomic mass is 32.2. The number of carboxylic acids is 1. The van der Waals surface area contributed by atoms with Crippen molar-refractivity contribution in [2.24, 2.45) is 0 Å². The van der Waals surface area contributed by atoms with E-state index in [1.165, 1.54) is 12.1 Å². The molecule has 2 aliphatic heterocycles. The van der Waals surface area contributed by atoms with Crippen LogP contribution in [0.1, 0.15) is 46.1 Å². The molecule has 0 fully saturated rings. The maximum absolute atomic E-state index is 13.5. The Balaban J connectivity index is 0.000000302. The number of carbonyl (C=O) groups is 2. The van der Waals surface area contributed by atoms with E-state index in [2.05, 4.69) is 9.50 Å². The topological polar surface area (TPSA) is 122 Å². The summed E-state index contributed by atoms with van der Waals surface area (Å²) in [5.74, 6) is -3.55. The summed E-state index contributed by atoms with van der Waals surface area (Å²) in [6.45, 7) is 7.44. The third-order valence-corrected chi connectivity index (χ3v) is 6.40. The molecular weight excluding hydrogens is 555 g/mol. The van der Waals surface area contributed by atoms with Crippen LogP contribution in [0.5, 0.6) is 0 Å². The second-order valence-electron chi connectivity index (χ2n) is 9.65. The molecule has 1 aromatic rings. The van der Waals surface area contributed by atoms with Gasteiger partial charge in [-0.2, -0.15) is 21.6 Å². The molecule has 3 rings (SSSR count). The van der Waals surface area contributed by atoms with Crippen molar-refractivity contribution in [1.82, 2.24) is 10.2 Å². The van der Waals surface area contributed by atoms with Gasteiger partial charge < -0.3 is 24.2 Å². The van der Waals surface area contributed by atoms with Crippen molar-refractivity contribution < 1.29 is 54.0 Å². The number of aliphatic carboxylic acids is 1. The van der Waals surface area contributed by atoms with Crippen LogP contribution in [0, 0.1) is 11.6 Å². The highest BCUT2D eigenvalue weighted by Crippen LogP contribution is 2.31. The number of carboxylic acid groups (broad SMARTS) is 1.